The van der Waals surface area contributed by atoms with E-state index in [4.69, 9.17) is 49.7 Å². The first-order chi connectivity index (χ1) is 11.4. The number of unbranched alkanes of at least 4 members (excludes halogenated alkanes) is 2. The van der Waals surface area contributed by atoms with E-state index in [1.807, 2.05) is 0 Å². The van der Waals surface area contributed by atoms with Gasteiger partial charge in [0.2, 0.25) is 0 Å². The monoisotopic (exact) mass is 448 g/mol. The molecule has 0 spiro atoms. The fourth-order valence-corrected chi connectivity index (χ4v) is 2.68. The standard InChI is InChI=1S/2C9H19NS2.Ca/c2*1-3-5-6-8(4-2)7-10-9(11)12;/h2*8H,3-7H2,1-2H3,(H2,10,11,12);/q;;+2/p-2. The van der Waals surface area contributed by atoms with E-state index in [0.29, 0.717) is 8.64 Å². The van der Waals surface area contributed by atoms with Gasteiger partial charge in [0, 0.05) is 13.1 Å². The maximum absolute atomic E-state index is 4.78. The van der Waals surface area contributed by atoms with Crippen LogP contribution in [0.2, 0.25) is 0 Å². The third-order valence-corrected chi connectivity index (χ3v) is 4.73. The summed E-state index contributed by atoms with van der Waals surface area (Å²) in [5.74, 6) is 1.48. The van der Waals surface area contributed by atoms with Crippen LogP contribution in [0.1, 0.15) is 79.1 Å². The summed E-state index contributed by atoms with van der Waals surface area (Å²) < 4.78 is 1.01. The summed E-state index contributed by atoms with van der Waals surface area (Å²) in [5.41, 5.74) is 0. The second-order valence-electron chi connectivity index (χ2n) is 6.17. The van der Waals surface area contributed by atoms with Crippen molar-refractivity contribution in [1.29, 1.82) is 0 Å². The number of hydrogen-bond donors (Lipinski definition) is 2. The van der Waals surface area contributed by atoms with Crippen molar-refractivity contribution < 1.29 is 0 Å². The zero-order chi connectivity index (χ0) is 18.8. The molecule has 0 bridgehead atoms. The van der Waals surface area contributed by atoms with Gasteiger partial charge in [0.15, 0.2) is 0 Å². The van der Waals surface area contributed by atoms with E-state index >= 15 is 0 Å². The van der Waals surface area contributed by atoms with Crippen LogP contribution in [0.4, 0.5) is 0 Å². The third kappa shape index (κ3) is 25.5. The molecule has 2 unspecified atom stereocenters. The van der Waals surface area contributed by atoms with Crippen molar-refractivity contribution in [2.45, 2.75) is 79.1 Å². The summed E-state index contributed by atoms with van der Waals surface area (Å²) in [6.07, 6.45) is 10.2. The van der Waals surface area contributed by atoms with Crippen LogP contribution < -0.4 is 10.6 Å². The molecule has 2 nitrogen and oxygen atoms in total. The summed E-state index contributed by atoms with van der Waals surface area (Å²) in [4.78, 5) is 0. The van der Waals surface area contributed by atoms with Crippen LogP contribution in [0.15, 0.2) is 0 Å². The molecule has 0 aromatic heterocycles. The Hall–Kier alpha value is 1.48. The van der Waals surface area contributed by atoms with Crippen molar-refractivity contribution in [3.05, 3.63) is 0 Å². The largest absolute Gasteiger partial charge is 2.00 e. The SMILES string of the molecule is CCCCC(CC)CNC(=S)[S-].CCCCC(CC)CNC(=S)[S-].[Ca+2]. The molecule has 25 heavy (non-hydrogen) atoms. The molecule has 2 atom stereocenters. The first-order valence-electron chi connectivity index (χ1n) is 9.30. The Morgan fingerprint density at radius 3 is 1.28 bits per heavy atom. The third-order valence-electron chi connectivity index (χ3n) is 4.16. The Bertz CT molecular complexity index is 287. The van der Waals surface area contributed by atoms with Gasteiger partial charge in [-0.2, -0.15) is 0 Å². The van der Waals surface area contributed by atoms with Gasteiger partial charge in [-0.1, -0.05) is 74.9 Å². The van der Waals surface area contributed by atoms with Crippen LogP contribution in [-0.2, 0) is 25.3 Å². The minimum absolute atomic E-state index is 0. The number of thiocarbonyl (C=S) groups is 2. The molecule has 0 saturated carbocycles. The second kappa shape index (κ2) is 23.5. The van der Waals surface area contributed by atoms with Crippen molar-refractivity contribution in [2.75, 3.05) is 13.1 Å². The predicted octanol–water partition coefficient (Wildman–Crippen LogP) is 4.87. The smallest absolute Gasteiger partial charge is 0.412 e. The van der Waals surface area contributed by atoms with Crippen LogP contribution in [-0.4, -0.2) is 59.5 Å². The number of nitrogens with one attached hydrogen (secondary N) is 2. The molecule has 0 radical (unpaired) electrons. The molecule has 0 aromatic rings. The molecule has 0 heterocycles. The number of hydrogen-bond acceptors (Lipinski definition) is 4. The van der Waals surface area contributed by atoms with Gasteiger partial charge >= 0.3 is 37.7 Å². The Morgan fingerprint density at radius 1 is 0.760 bits per heavy atom. The second-order valence-corrected chi connectivity index (χ2v) is 8.32. The normalized spacial score (nSPS) is 12.0. The van der Waals surface area contributed by atoms with Gasteiger partial charge in [-0.05, 0) is 24.7 Å². The van der Waals surface area contributed by atoms with E-state index < -0.39 is 0 Å². The molecular weight excluding hydrogens is 413 g/mol. The summed E-state index contributed by atoms with van der Waals surface area (Å²) in [6, 6.07) is 0. The van der Waals surface area contributed by atoms with Crippen LogP contribution in [0.3, 0.4) is 0 Å². The Kier molecular flexibility index (Phi) is 29.3. The fraction of sp³-hybridized carbons (Fsp3) is 0.889. The molecule has 0 aliphatic rings. The average Bonchev–Trinajstić information content (AvgIpc) is 2.55. The van der Waals surface area contributed by atoms with Gasteiger partial charge < -0.3 is 60.3 Å². The van der Waals surface area contributed by atoms with E-state index in [9.17, 15) is 0 Å². The van der Waals surface area contributed by atoms with Gasteiger partial charge in [-0.3, -0.25) is 0 Å². The predicted molar refractivity (Wildman–Crippen MR) is 128 cm³/mol. The molecule has 0 rings (SSSR count). The average molecular weight is 449 g/mol. The number of rotatable bonds is 12. The van der Waals surface area contributed by atoms with E-state index in [0.717, 1.165) is 24.9 Å². The molecule has 7 heteroatoms. The Labute approximate surface area is 208 Å². The van der Waals surface area contributed by atoms with Crippen molar-refractivity contribution in [2.24, 2.45) is 11.8 Å². The molecule has 0 fully saturated rings. The van der Waals surface area contributed by atoms with Gasteiger partial charge in [0.1, 0.15) is 0 Å². The van der Waals surface area contributed by atoms with Gasteiger partial charge in [-0.15, -0.1) is 0 Å². The van der Waals surface area contributed by atoms with Crippen molar-refractivity contribution in [3.8, 4) is 0 Å². The van der Waals surface area contributed by atoms with Crippen LogP contribution >= 0.6 is 24.4 Å². The summed E-state index contributed by atoms with van der Waals surface area (Å²) in [5, 5.41) is 6.10. The zero-order valence-electron chi connectivity index (χ0n) is 16.6. The Morgan fingerprint density at radius 2 is 1.08 bits per heavy atom. The van der Waals surface area contributed by atoms with E-state index in [2.05, 4.69) is 38.3 Å². The topological polar surface area (TPSA) is 24.1 Å². The van der Waals surface area contributed by atoms with E-state index in [1.54, 1.807) is 0 Å². The maximum atomic E-state index is 4.78. The molecule has 144 valence electrons. The van der Waals surface area contributed by atoms with Crippen LogP contribution in [0.5, 0.6) is 0 Å². The molecule has 0 aliphatic heterocycles. The first kappa shape index (κ1) is 31.2. The van der Waals surface area contributed by atoms with Crippen LogP contribution in [0, 0.1) is 11.8 Å². The van der Waals surface area contributed by atoms with Crippen molar-refractivity contribution in [1.82, 2.24) is 10.6 Å². The Balaban J connectivity index is -0.000000372. The quantitative estimate of drug-likeness (QED) is 0.251. The molecule has 0 aliphatic carbocycles. The van der Waals surface area contributed by atoms with Crippen molar-refractivity contribution >= 4 is 96.1 Å². The summed E-state index contributed by atoms with van der Waals surface area (Å²) >= 11 is 19.1. The molecule has 0 amide bonds. The van der Waals surface area contributed by atoms with Gasteiger partial charge in [0.05, 0.1) is 0 Å². The van der Waals surface area contributed by atoms with E-state index in [1.165, 1.54) is 51.4 Å². The summed E-state index contributed by atoms with van der Waals surface area (Å²) in [7, 11) is 0. The van der Waals surface area contributed by atoms with Crippen LogP contribution in [0.25, 0.3) is 0 Å². The molecular formula is C18H36CaN2S4. The fourth-order valence-electron chi connectivity index (χ4n) is 2.34. The van der Waals surface area contributed by atoms with E-state index in [-0.39, 0.29) is 37.7 Å². The summed E-state index contributed by atoms with van der Waals surface area (Å²) in [6.45, 7) is 10.8. The van der Waals surface area contributed by atoms with Gasteiger partial charge in [-0.25, -0.2) is 0 Å². The molecule has 0 aromatic carbocycles. The van der Waals surface area contributed by atoms with Crippen molar-refractivity contribution in [3.63, 3.8) is 0 Å². The molecule has 2 N–H and O–H groups in total. The maximum Gasteiger partial charge on any atom is 2.00 e. The minimum atomic E-state index is 0. The zero-order valence-corrected chi connectivity index (χ0v) is 22.0. The van der Waals surface area contributed by atoms with Gasteiger partial charge in [0.25, 0.3) is 0 Å². The molecule has 0 saturated heterocycles. The minimum Gasteiger partial charge on any atom is -0.412 e. The first-order valence-corrected chi connectivity index (χ1v) is 10.9.